The van der Waals surface area contributed by atoms with Crippen LogP contribution in [0.3, 0.4) is 0 Å². The Morgan fingerprint density at radius 1 is 1.37 bits per heavy atom. The van der Waals surface area contributed by atoms with Crippen LogP contribution in [0.25, 0.3) is 11.1 Å². The van der Waals surface area contributed by atoms with E-state index in [0.717, 1.165) is 11.3 Å². The van der Waals surface area contributed by atoms with Crippen LogP contribution in [0.15, 0.2) is 24.3 Å². The normalized spacial score (nSPS) is 10.2. The Hall–Kier alpha value is -2.41. The Balaban J connectivity index is 2.89. The zero-order chi connectivity index (χ0) is 14.0. The second-order valence-corrected chi connectivity index (χ2v) is 4.26. The summed E-state index contributed by atoms with van der Waals surface area (Å²) < 4.78 is 14.0. The molecule has 0 aliphatic heterocycles. The van der Waals surface area contributed by atoms with Gasteiger partial charge in [0, 0.05) is 16.8 Å². The van der Waals surface area contributed by atoms with Crippen molar-refractivity contribution >= 4 is 5.82 Å². The molecule has 1 aromatic carbocycles. The van der Waals surface area contributed by atoms with E-state index in [2.05, 4.69) is 4.98 Å². The molecule has 0 fully saturated rings. The predicted molar refractivity (Wildman–Crippen MR) is 72.9 cm³/mol. The van der Waals surface area contributed by atoms with Gasteiger partial charge in [0.15, 0.2) is 0 Å². The largest absolute Gasteiger partial charge is 0.383 e. The van der Waals surface area contributed by atoms with E-state index in [9.17, 15) is 9.65 Å². The minimum Gasteiger partial charge on any atom is -0.383 e. The van der Waals surface area contributed by atoms with Crippen LogP contribution in [0, 0.1) is 24.1 Å². The number of nitriles is 1. The van der Waals surface area contributed by atoms with Gasteiger partial charge in [-0.15, -0.1) is 0 Å². The number of nitrogens with zero attached hydrogens (tertiary/aromatic N) is 2. The van der Waals surface area contributed by atoms with E-state index < -0.39 is 0 Å². The van der Waals surface area contributed by atoms with E-state index in [4.69, 9.17) is 5.73 Å². The highest BCUT2D eigenvalue weighted by atomic mass is 19.1. The molecule has 96 valence electrons. The fraction of sp³-hybridized carbons (Fsp3) is 0.200. The molecule has 0 unspecified atom stereocenters. The van der Waals surface area contributed by atoms with Gasteiger partial charge in [-0.05, 0) is 25.0 Å². The van der Waals surface area contributed by atoms with E-state index in [-0.39, 0.29) is 17.2 Å². The lowest BCUT2D eigenvalue weighted by Crippen LogP contribution is -2.05. The molecule has 3 nitrogen and oxygen atoms in total. The third kappa shape index (κ3) is 2.15. The highest BCUT2D eigenvalue weighted by molar-refractivity contribution is 5.79. The highest BCUT2D eigenvalue weighted by Gasteiger charge is 2.19. The molecule has 0 amide bonds. The maximum absolute atomic E-state index is 14.0. The van der Waals surface area contributed by atoms with Gasteiger partial charge in [-0.25, -0.2) is 9.37 Å². The van der Waals surface area contributed by atoms with E-state index in [1.165, 1.54) is 6.07 Å². The molecule has 0 bridgehead atoms. The van der Waals surface area contributed by atoms with E-state index in [1.54, 1.807) is 18.2 Å². The van der Waals surface area contributed by atoms with Crippen LogP contribution in [-0.2, 0) is 6.42 Å². The van der Waals surface area contributed by atoms with Gasteiger partial charge in [0.05, 0.1) is 0 Å². The van der Waals surface area contributed by atoms with Crippen molar-refractivity contribution in [3.8, 4) is 17.2 Å². The molecule has 2 N–H and O–H groups in total. The highest BCUT2D eigenvalue weighted by Crippen LogP contribution is 2.33. The molecule has 0 saturated carbocycles. The van der Waals surface area contributed by atoms with Gasteiger partial charge in [0.1, 0.15) is 23.3 Å². The summed E-state index contributed by atoms with van der Waals surface area (Å²) >= 11 is 0. The van der Waals surface area contributed by atoms with Crippen LogP contribution in [0.4, 0.5) is 10.2 Å². The van der Waals surface area contributed by atoms with Crippen molar-refractivity contribution in [1.29, 1.82) is 5.26 Å². The van der Waals surface area contributed by atoms with Crippen molar-refractivity contribution < 1.29 is 4.39 Å². The Labute approximate surface area is 111 Å². The molecule has 0 spiro atoms. The summed E-state index contributed by atoms with van der Waals surface area (Å²) in [4.78, 5) is 4.16. The van der Waals surface area contributed by atoms with Crippen molar-refractivity contribution in [3.63, 3.8) is 0 Å². The van der Waals surface area contributed by atoms with E-state index in [1.807, 2.05) is 19.9 Å². The number of benzene rings is 1. The van der Waals surface area contributed by atoms with E-state index >= 15 is 0 Å². The zero-order valence-corrected chi connectivity index (χ0v) is 10.9. The van der Waals surface area contributed by atoms with Crippen LogP contribution >= 0.6 is 0 Å². The molecule has 0 saturated heterocycles. The molecular weight excluding hydrogens is 241 g/mol. The number of hydrogen-bond acceptors (Lipinski definition) is 3. The van der Waals surface area contributed by atoms with Gasteiger partial charge in [0.2, 0.25) is 0 Å². The number of pyridine rings is 1. The van der Waals surface area contributed by atoms with Gasteiger partial charge < -0.3 is 5.73 Å². The molecule has 2 aromatic rings. The van der Waals surface area contributed by atoms with Crippen LogP contribution in [0.5, 0.6) is 0 Å². The average molecular weight is 255 g/mol. The summed E-state index contributed by atoms with van der Waals surface area (Å²) in [5.41, 5.74) is 8.58. The third-order valence-electron chi connectivity index (χ3n) is 3.14. The molecule has 19 heavy (non-hydrogen) atoms. The lowest BCUT2D eigenvalue weighted by atomic mass is 9.92. The van der Waals surface area contributed by atoms with Crippen molar-refractivity contribution in [2.75, 3.05) is 5.73 Å². The lowest BCUT2D eigenvalue weighted by Gasteiger charge is -2.15. The number of rotatable bonds is 2. The van der Waals surface area contributed by atoms with Gasteiger partial charge in [0.25, 0.3) is 0 Å². The average Bonchev–Trinajstić information content (AvgIpc) is 2.38. The number of nitrogen functional groups attached to an aromatic ring is 1. The SMILES string of the molecule is CCc1c(C)nc(N)c(C#N)c1-c1ccccc1F. The summed E-state index contributed by atoms with van der Waals surface area (Å²) in [6, 6.07) is 8.43. The first kappa shape index (κ1) is 13.0. The first-order chi connectivity index (χ1) is 9.10. The fourth-order valence-corrected chi connectivity index (χ4v) is 2.27. The number of aryl methyl sites for hydroxylation is 1. The summed E-state index contributed by atoms with van der Waals surface area (Å²) in [7, 11) is 0. The molecule has 1 heterocycles. The molecule has 0 atom stereocenters. The Kier molecular flexibility index (Phi) is 3.48. The molecule has 0 radical (unpaired) electrons. The summed E-state index contributed by atoms with van der Waals surface area (Å²) in [6.45, 7) is 3.77. The molecular formula is C15H14FN3. The van der Waals surface area contributed by atoms with Crippen molar-refractivity contribution in [3.05, 3.63) is 46.9 Å². The van der Waals surface area contributed by atoms with Crippen molar-refractivity contribution in [2.45, 2.75) is 20.3 Å². The first-order valence-corrected chi connectivity index (χ1v) is 6.04. The van der Waals surface area contributed by atoms with Gasteiger partial charge in [-0.3, -0.25) is 0 Å². The number of anilines is 1. The van der Waals surface area contributed by atoms with E-state index in [0.29, 0.717) is 17.5 Å². The van der Waals surface area contributed by atoms with Crippen LogP contribution in [-0.4, -0.2) is 4.98 Å². The number of aromatic nitrogens is 1. The lowest BCUT2D eigenvalue weighted by molar-refractivity contribution is 0.631. The number of halogens is 1. The minimum atomic E-state index is -0.362. The predicted octanol–water partition coefficient (Wildman–Crippen LogP) is 3.21. The summed E-state index contributed by atoms with van der Waals surface area (Å²) in [6.07, 6.45) is 0.664. The maximum atomic E-state index is 14.0. The molecule has 0 aliphatic rings. The number of hydrogen-bond donors (Lipinski definition) is 1. The molecule has 4 heteroatoms. The maximum Gasteiger partial charge on any atom is 0.142 e. The Bertz CT molecular complexity index is 672. The summed E-state index contributed by atoms with van der Waals surface area (Å²) in [5, 5.41) is 9.27. The van der Waals surface area contributed by atoms with Crippen molar-refractivity contribution in [1.82, 2.24) is 4.98 Å². The topological polar surface area (TPSA) is 62.7 Å². The second-order valence-electron chi connectivity index (χ2n) is 4.26. The second kappa shape index (κ2) is 5.07. The minimum absolute atomic E-state index is 0.149. The van der Waals surface area contributed by atoms with Crippen LogP contribution in [0.2, 0.25) is 0 Å². The van der Waals surface area contributed by atoms with Crippen molar-refractivity contribution in [2.24, 2.45) is 0 Å². The smallest absolute Gasteiger partial charge is 0.142 e. The Morgan fingerprint density at radius 2 is 2.05 bits per heavy atom. The Morgan fingerprint density at radius 3 is 2.63 bits per heavy atom. The van der Waals surface area contributed by atoms with Gasteiger partial charge >= 0.3 is 0 Å². The van der Waals surface area contributed by atoms with Gasteiger partial charge in [-0.1, -0.05) is 25.1 Å². The number of nitrogens with two attached hydrogens (primary N) is 1. The monoisotopic (exact) mass is 255 g/mol. The quantitative estimate of drug-likeness (QED) is 0.896. The molecule has 1 aromatic heterocycles. The summed E-state index contributed by atoms with van der Waals surface area (Å²) in [5.74, 6) is -0.214. The first-order valence-electron chi connectivity index (χ1n) is 6.04. The van der Waals surface area contributed by atoms with Crippen LogP contribution in [0.1, 0.15) is 23.7 Å². The molecule has 2 rings (SSSR count). The third-order valence-corrected chi connectivity index (χ3v) is 3.14. The molecule has 0 aliphatic carbocycles. The van der Waals surface area contributed by atoms with Gasteiger partial charge in [-0.2, -0.15) is 5.26 Å². The fourth-order valence-electron chi connectivity index (χ4n) is 2.27. The standard InChI is InChI=1S/C15H14FN3/c1-3-10-9(2)19-15(18)12(8-17)14(10)11-6-4-5-7-13(11)16/h4-7H,3H2,1-2H3,(H2,18,19). The zero-order valence-electron chi connectivity index (χ0n) is 10.9. The van der Waals surface area contributed by atoms with Crippen LogP contribution < -0.4 is 5.73 Å².